The Morgan fingerprint density at radius 3 is 2.16 bits per heavy atom. The molecule has 0 bridgehead atoms. The number of nitrogens with zero attached hydrogens (tertiary/aromatic N) is 2. The van der Waals surface area contributed by atoms with Crippen LogP contribution < -0.4 is 10.6 Å². The van der Waals surface area contributed by atoms with Crippen LogP contribution in [0.25, 0.3) is 0 Å². The molecule has 2 aromatic rings. The first-order chi connectivity index (χ1) is 12.0. The van der Waals surface area contributed by atoms with Crippen LogP contribution in [0.5, 0.6) is 0 Å². The standard InChI is InChI=1S/C18H20N4O2S/c1-11-9-12(2)20-18(19-11)25-10-16(23)21-14-5-7-15(8-6-14)22-17(24)13-3-4-13/h5-9,13H,3-4,10H2,1-2H3,(H,21,23)(H,22,24). The fourth-order valence-corrected chi connectivity index (χ4v) is 3.06. The van der Waals surface area contributed by atoms with Crippen LogP contribution in [-0.4, -0.2) is 27.5 Å². The molecule has 0 aliphatic heterocycles. The third-order valence-electron chi connectivity index (χ3n) is 3.68. The summed E-state index contributed by atoms with van der Waals surface area (Å²) in [6.07, 6.45) is 1.95. The van der Waals surface area contributed by atoms with E-state index in [2.05, 4.69) is 20.6 Å². The van der Waals surface area contributed by atoms with Crippen molar-refractivity contribution in [2.24, 2.45) is 5.92 Å². The Bertz CT molecular complexity index is 768. The third-order valence-corrected chi connectivity index (χ3v) is 4.53. The molecular formula is C18H20N4O2S. The lowest BCUT2D eigenvalue weighted by Crippen LogP contribution is -2.15. The van der Waals surface area contributed by atoms with E-state index in [1.165, 1.54) is 11.8 Å². The van der Waals surface area contributed by atoms with Gasteiger partial charge >= 0.3 is 0 Å². The number of hydrogen-bond acceptors (Lipinski definition) is 5. The Kier molecular flexibility index (Phi) is 5.33. The lowest BCUT2D eigenvalue weighted by Gasteiger charge is -2.08. The van der Waals surface area contributed by atoms with Crippen LogP contribution in [0.1, 0.15) is 24.2 Å². The molecule has 3 rings (SSSR count). The van der Waals surface area contributed by atoms with Gasteiger partial charge in [0.2, 0.25) is 11.8 Å². The zero-order valence-corrected chi connectivity index (χ0v) is 15.0. The summed E-state index contributed by atoms with van der Waals surface area (Å²) in [6.45, 7) is 3.81. The van der Waals surface area contributed by atoms with Crippen LogP contribution in [-0.2, 0) is 9.59 Å². The average Bonchev–Trinajstić information content (AvgIpc) is 3.39. The monoisotopic (exact) mass is 356 g/mol. The molecule has 25 heavy (non-hydrogen) atoms. The molecule has 1 fully saturated rings. The maximum atomic E-state index is 12.1. The number of anilines is 2. The normalized spacial score (nSPS) is 13.4. The molecule has 1 aromatic carbocycles. The average molecular weight is 356 g/mol. The Labute approximate surface area is 150 Å². The number of thioether (sulfide) groups is 1. The van der Waals surface area contributed by atoms with Crippen LogP contribution in [0.2, 0.25) is 0 Å². The minimum absolute atomic E-state index is 0.0710. The van der Waals surface area contributed by atoms with Crippen LogP contribution in [0, 0.1) is 19.8 Å². The highest BCUT2D eigenvalue weighted by molar-refractivity contribution is 7.99. The highest BCUT2D eigenvalue weighted by atomic mass is 32.2. The van der Waals surface area contributed by atoms with Gasteiger partial charge in [-0.25, -0.2) is 9.97 Å². The van der Waals surface area contributed by atoms with Gasteiger partial charge in [-0.1, -0.05) is 11.8 Å². The summed E-state index contributed by atoms with van der Waals surface area (Å²) in [5.41, 5.74) is 3.21. The maximum absolute atomic E-state index is 12.1. The summed E-state index contributed by atoms with van der Waals surface area (Å²) >= 11 is 1.31. The summed E-state index contributed by atoms with van der Waals surface area (Å²) in [5.74, 6) is 0.358. The Morgan fingerprint density at radius 2 is 1.60 bits per heavy atom. The number of rotatable bonds is 6. The molecule has 1 aliphatic rings. The lowest BCUT2D eigenvalue weighted by molar-refractivity contribution is -0.117. The van der Waals surface area contributed by atoms with Gasteiger partial charge in [0.1, 0.15) is 0 Å². The third kappa shape index (κ3) is 5.29. The molecule has 1 aliphatic carbocycles. The highest BCUT2D eigenvalue weighted by Crippen LogP contribution is 2.30. The molecule has 0 spiro atoms. The van der Waals surface area contributed by atoms with Gasteiger partial charge in [0, 0.05) is 28.7 Å². The van der Waals surface area contributed by atoms with Crippen molar-refractivity contribution in [3.8, 4) is 0 Å². The molecule has 2 N–H and O–H groups in total. The van der Waals surface area contributed by atoms with Crippen molar-refractivity contribution >= 4 is 35.0 Å². The predicted molar refractivity (Wildman–Crippen MR) is 98.7 cm³/mol. The SMILES string of the molecule is Cc1cc(C)nc(SCC(=O)Nc2ccc(NC(=O)C3CC3)cc2)n1. The van der Waals surface area contributed by atoms with E-state index >= 15 is 0 Å². The van der Waals surface area contributed by atoms with Gasteiger partial charge in [0.05, 0.1) is 5.75 Å². The quantitative estimate of drug-likeness (QED) is 0.613. The fraction of sp³-hybridized carbons (Fsp3) is 0.333. The Morgan fingerprint density at radius 1 is 1.04 bits per heavy atom. The molecule has 0 saturated heterocycles. The van der Waals surface area contributed by atoms with Gasteiger partial charge in [-0.2, -0.15) is 0 Å². The molecule has 2 amide bonds. The fourth-order valence-electron chi connectivity index (χ4n) is 2.31. The maximum Gasteiger partial charge on any atom is 0.234 e. The molecule has 6 nitrogen and oxygen atoms in total. The number of nitrogens with one attached hydrogen (secondary N) is 2. The number of hydrogen-bond donors (Lipinski definition) is 2. The zero-order valence-electron chi connectivity index (χ0n) is 14.2. The van der Waals surface area contributed by atoms with E-state index in [-0.39, 0.29) is 23.5 Å². The van der Waals surface area contributed by atoms with Gasteiger partial charge in [-0.3, -0.25) is 9.59 Å². The summed E-state index contributed by atoms with van der Waals surface area (Å²) in [4.78, 5) is 32.4. The Hall–Kier alpha value is -2.41. The molecule has 1 saturated carbocycles. The topological polar surface area (TPSA) is 84.0 Å². The van der Waals surface area contributed by atoms with E-state index in [0.29, 0.717) is 10.8 Å². The number of aromatic nitrogens is 2. The smallest absolute Gasteiger partial charge is 0.234 e. The van der Waals surface area contributed by atoms with Crippen molar-refractivity contribution in [3.63, 3.8) is 0 Å². The first-order valence-corrected chi connectivity index (χ1v) is 9.14. The van der Waals surface area contributed by atoms with E-state index in [9.17, 15) is 9.59 Å². The van der Waals surface area contributed by atoms with Gasteiger partial charge in [0.25, 0.3) is 0 Å². The molecule has 130 valence electrons. The van der Waals surface area contributed by atoms with Crippen LogP contribution in [0.3, 0.4) is 0 Å². The highest BCUT2D eigenvalue weighted by Gasteiger charge is 2.29. The Balaban J connectivity index is 1.49. The summed E-state index contributed by atoms with van der Waals surface area (Å²) in [7, 11) is 0. The van der Waals surface area contributed by atoms with Gasteiger partial charge in [-0.05, 0) is 57.0 Å². The van der Waals surface area contributed by atoms with Crippen LogP contribution >= 0.6 is 11.8 Å². The first-order valence-electron chi connectivity index (χ1n) is 8.15. The minimum Gasteiger partial charge on any atom is -0.326 e. The zero-order chi connectivity index (χ0) is 17.8. The van der Waals surface area contributed by atoms with Gasteiger partial charge < -0.3 is 10.6 Å². The molecule has 1 heterocycles. The van der Waals surface area contributed by atoms with E-state index < -0.39 is 0 Å². The minimum atomic E-state index is -0.123. The van der Waals surface area contributed by atoms with E-state index in [1.807, 2.05) is 19.9 Å². The molecule has 0 atom stereocenters. The number of carbonyl (C=O) groups excluding carboxylic acids is 2. The van der Waals surface area contributed by atoms with Gasteiger partial charge in [0.15, 0.2) is 5.16 Å². The number of aryl methyl sites for hydroxylation is 2. The van der Waals surface area contributed by atoms with Crippen molar-refractivity contribution in [1.29, 1.82) is 0 Å². The number of carbonyl (C=O) groups is 2. The number of amides is 2. The summed E-state index contributed by atoms with van der Waals surface area (Å²) in [5, 5.41) is 6.30. The van der Waals surface area contributed by atoms with Crippen LogP contribution in [0.15, 0.2) is 35.5 Å². The second kappa shape index (κ2) is 7.65. The van der Waals surface area contributed by atoms with Crippen molar-refractivity contribution in [2.75, 3.05) is 16.4 Å². The van der Waals surface area contributed by atoms with Crippen LogP contribution in [0.4, 0.5) is 11.4 Å². The largest absolute Gasteiger partial charge is 0.326 e. The molecule has 0 radical (unpaired) electrons. The lowest BCUT2D eigenvalue weighted by atomic mass is 10.2. The van der Waals surface area contributed by atoms with Crippen molar-refractivity contribution in [2.45, 2.75) is 31.8 Å². The summed E-state index contributed by atoms with van der Waals surface area (Å²) < 4.78 is 0. The van der Waals surface area contributed by atoms with Crippen molar-refractivity contribution in [3.05, 3.63) is 41.7 Å². The second-order valence-electron chi connectivity index (χ2n) is 6.11. The number of benzene rings is 1. The van der Waals surface area contributed by atoms with E-state index in [1.54, 1.807) is 24.3 Å². The predicted octanol–water partition coefficient (Wildman–Crippen LogP) is 3.17. The van der Waals surface area contributed by atoms with Gasteiger partial charge in [-0.15, -0.1) is 0 Å². The summed E-state index contributed by atoms with van der Waals surface area (Å²) in [6, 6.07) is 9.02. The van der Waals surface area contributed by atoms with E-state index in [4.69, 9.17) is 0 Å². The van der Waals surface area contributed by atoms with E-state index in [0.717, 1.165) is 29.9 Å². The molecular weight excluding hydrogens is 336 g/mol. The second-order valence-corrected chi connectivity index (χ2v) is 7.05. The van der Waals surface area contributed by atoms with Crippen molar-refractivity contribution < 1.29 is 9.59 Å². The van der Waals surface area contributed by atoms with Crippen molar-refractivity contribution in [1.82, 2.24) is 9.97 Å². The first kappa shape index (κ1) is 17.4. The molecule has 0 unspecified atom stereocenters. The molecule has 1 aromatic heterocycles. The molecule has 7 heteroatoms.